The molecule has 1 heterocycles. The Kier molecular flexibility index (Phi) is 5.01. The van der Waals surface area contributed by atoms with Gasteiger partial charge in [-0.2, -0.15) is 4.39 Å². The Hall–Kier alpha value is -2.40. The standard InChI is InChI=1S/C21H24F2N3/c1-21(2,3)20(24)19-15(11-14-7-5-4-6-8-14)13-26(25-19)18-12-16(22)9-10-17(18)23/h4-10,12-13,15,20H,11,24H2,1-3H3/q+1/t15?,20-/m0/s1. The highest BCUT2D eigenvalue weighted by atomic mass is 19.1. The van der Waals surface area contributed by atoms with E-state index in [0.29, 0.717) is 6.42 Å². The minimum atomic E-state index is -0.518. The van der Waals surface area contributed by atoms with Gasteiger partial charge in [0.2, 0.25) is 0 Å². The van der Waals surface area contributed by atoms with E-state index in [9.17, 15) is 8.78 Å². The summed E-state index contributed by atoms with van der Waals surface area (Å²) in [6.07, 6.45) is 2.53. The van der Waals surface area contributed by atoms with E-state index >= 15 is 0 Å². The molecule has 2 aromatic carbocycles. The zero-order chi connectivity index (χ0) is 18.9. The first-order valence-corrected chi connectivity index (χ1v) is 8.73. The highest BCUT2D eigenvalue weighted by Gasteiger charge is 2.39. The summed E-state index contributed by atoms with van der Waals surface area (Å²) in [7, 11) is 0. The fourth-order valence-corrected chi connectivity index (χ4v) is 3.04. The van der Waals surface area contributed by atoms with Crippen LogP contribution >= 0.6 is 0 Å². The quantitative estimate of drug-likeness (QED) is 0.816. The summed E-state index contributed by atoms with van der Waals surface area (Å²) >= 11 is 0. The van der Waals surface area contributed by atoms with Crippen molar-refractivity contribution in [1.82, 2.24) is 0 Å². The van der Waals surface area contributed by atoms with Gasteiger partial charge in [0, 0.05) is 0 Å². The lowest BCUT2D eigenvalue weighted by molar-refractivity contribution is -0.440. The summed E-state index contributed by atoms with van der Waals surface area (Å²) in [6.45, 7) is 6.14. The molecule has 5 heteroatoms. The molecule has 2 aromatic rings. The van der Waals surface area contributed by atoms with E-state index in [4.69, 9.17) is 5.73 Å². The van der Waals surface area contributed by atoms with Gasteiger partial charge < -0.3 is 5.73 Å². The number of nitrogens with zero attached hydrogens (tertiary/aromatic N) is 2. The lowest BCUT2D eigenvalue weighted by Gasteiger charge is -2.27. The van der Waals surface area contributed by atoms with Gasteiger partial charge in [0.1, 0.15) is 11.5 Å². The Labute approximate surface area is 152 Å². The van der Waals surface area contributed by atoms with Crippen LogP contribution in [-0.2, 0) is 6.42 Å². The van der Waals surface area contributed by atoms with Crippen LogP contribution in [0.5, 0.6) is 0 Å². The Morgan fingerprint density at radius 1 is 1.12 bits per heavy atom. The van der Waals surface area contributed by atoms with Crippen LogP contribution in [0, 0.1) is 23.0 Å². The molecular formula is C21H24F2N3+. The first kappa shape index (κ1) is 18.4. The second-order valence-electron chi connectivity index (χ2n) is 7.75. The van der Waals surface area contributed by atoms with Crippen LogP contribution in [0.3, 0.4) is 0 Å². The zero-order valence-corrected chi connectivity index (χ0v) is 15.3. The van der Waals surface area contributed by atoms with Gasteiger partial charge in [-0.15, -0.1) is 0 Å². The SMILES string of the molecule is CC(C)(C)[C@@H](N)C1=N[N+](c2cc(F)ccc2F)=CC1Cc1ccccc1. The monoisotopic (exact) mass is 356 g/mol. The Morgan fingerprint density at radius 2 is 1.81 bits per heavy atom. The van der Waals surface area contributed by atoms with Gasteiger partial charge >= 0.3 is 0 Å². The van der Waals surface area contributed by atoms with Crippen molar-refractivity contribution in [2.24, 2.45) is 22.2 Å². The van der Waals surface area contributed by atoms with E-state index in [2.05, 4.69) is 5.10 Å². The van der Waals surface area contributed by atoms with Gasteiger partial charge in [-0.1, -0.05) is 55.8 Å². The summed E-state index contributed by atoms with van der Waals surface area (Å²) in [5, 5.41) is 4.57. The third kappa shape index (κ3) is 3.88. The molecule has 0 radical (unpaired) electrons. The van der Waals surface area contributed by atoms with Crippen molar-refractivity contribution in [3.8, 4) is 0 Å². The lowest BCUT2D eigenvalue weighted by Crippen LogP contribution is -2.45. The first-order valence-electron chi connectivity index (χ1n) is 8.73. The van der Waals surface area contributed by atoms with Crippen molar-refractivity contribution >= 4 is 17.6 Å². The smallest absolute Gasteiger partial charge is 0.276 e. The third-order valence-electron chi connectivity index (χ3n) is 4.63. The molecule has 3 nitrogen and oxygen atoms in total. The summed E-state index contributed by atoms with van der Waals surface area (Å²) in [4.78, 5) is 0. The molecule has 26 heavy (non-hydrogen) atoms. The van der Waals surface area contributed by atoms with E-state index in [1.807, 2.05) is 57.3 Å². The molecule has 136 valence electrons. The van der Waals surface area contributed by atoms with Crippen molar-refractivity contribution in [2.75, 3.05) is 0 Å². The molecule has 1 aliphatic heterocycles. The van der Waals surface area contributed by atoms with E-state index in [1.165, 1.54) is 4.68 Å². The number of halogens is 2. The number of nitrogens with two attached hydrogens (primary N) is 1. The van der Waals surface area contributed by atoms with Gasteiger partial charge in [-0.05, 0) is 34.6 Å². The number of hydrogen-bond acceptors (Lipinski definition) is 2. The molecule has 1 unspecified atom stereocenters. The van der Waals surface area contributed by atoms with Crippen molar-refractivity contribution in [1.29, 1.82) is 0 Å². The zero-order valence-electron chi connectivity index (χ0n) is 15.3. The molecular weight excluding hydrogens is 332 g/mol. The molecule has 0 fully saturated rings. The van der Waals surface area contributed by atoms with Gasteiger partial charge in [0.25, 0.3) is 5.69 Å². The van der Waals surface area contributed by atoms with Crippen LogP contribution in [-0.4, -0.2) is 22.7 Å². The predicted molar refractivity (Wildman–Crippen MR) is 101 cm³/mol. The molecule has 0 aliphatic carbocycles. The van der Waals surface area contributed by atoms with Crippen molar-refractivity contribution in [3.63, 3.8) is 0 Å². The van der Waals surface area contributed by atoms with Crippen molar-refractivity contribution in [3.05, 3.63) is 65.7 Å². The van der Waals surface area contributed by atoms with Crippen LogP contribution in [0.4, 0.5) is 14.5 Å². The summed E-state index contributed by atoms with van der Waals surface area (Å²) in [6, 6.07) is 13.1. The van der Waals surface area contributed by atoms with Crippen molar-refractivity contribution in [2.45, 2.75) is 33.2 Å². The molecule has 0 spiro atoms. The van der Waals surface area contributed by atoms with Crippen LogP contribution < -0.4 is 5.73 Å². The number of hydrazone groups is 1. The summed E-state index contributed by atoms with van der Waals surface area (Å²) < 4.78 is 29.2. The predicted octanol–water partition coefficient (Wildman–Crippen LogP) is 4.28. The molecule has 0 saturated heterocycles. The first-order chi connectivity index (χ1) is 12.3. The average molecular weight is 356 g/mol. The second kappa shape index (κ2) is 7.08. The van der Waals surface area contributed by atoms with Crippen LogP contribution in [0.25, 0.3) is 0 Å². The average Bonchev–Trinajstić information content (AvgIpc) is 2.99. The number of rotatable bonds is 4. The molecule has 2 N–H and O–H groups in total. The highest BCUT2D eigenvalue weighted by Crippen LogP contribution is 2.28. The van der Waals surface area contributed by atoms with E-state index < -0.39 is 11.6 Å². The summed E-state index contributed by atoms with van der Waals surface area (Å²) in [5.74, 6) is -1.09. The van der Waals surface area contributed by atoms with E-state index in [1.54, 1.807) is 0 Å². The molecule has 0 saturated carbocycles. The molecule has 0 bridgehead atoms. The van der Waals surface area contributed by atoms with E-state index in [-0.39, 0.29) is 23.1 Å². The highest BCUT2D eigenvalue weighted by molar-refractivity contribution is 6.03. The molecule has 2 atom stereocenters. The van der Waals surface area contributed by atoms with Gasteiger partial charge in [0.15, 0.2) is 12.0 Å². The summed E-state index contributed by atoms with van der Waals surface area (Å²) in [5.41, 5.74) is 8.29. The van der Waals surface area contributed by atoms with Crippen LogP contribution in [0.15, 0.2) is 53.6 Å². The number of benzene rings is 2. The second-order valence-corrected chi connectivity index (χ2v) is 7.75. The number of hydrogen-bond donors (Lipinski definition) is 1. The minimum Gasteiger partial charge on any atom is -0.322 e. The van der Waals surface area contributed by atoms with Gasteiger partial charge in [-0.3, -0.25) is 0 Å². The minimum absolute atomic E-state index is 0.0747. The topological polar surface area (TPSA) is 41.4 Å². The maximum atomic E-state index is 14.2. The third-order valence-corrected chi connectivity index (χ3v) is 4.63. The Balaban J connectivity index is 2.00. The van der Waals surface area contributed by atoms with Crippen LogP contribution in [0.2, 0.25) is 0 Å². The van der Waals surface area contributed by atoms with Gasteiger partial charge in [0.05, 0.1) is 18.0 Å². The largest absolute Gasteiger partial charge is 0.322 e. The van der Waals surface area contributed by atoms with Crippen LogP contribution in [0.1, 0.15) is 26.3 Å². The van der Waals surface area contributed by atoms with E-state index in [0.717, 1.165) is 29.5 Å². The fraction of sp³-hybridized carbons (Fsp3) is 0.333. The fourth-order valence-electron chi connectivity index (χ4n) is 3.04. The molecule has 1 aliphatic rings. The van der Waals surface area contributed by atoms with Gasteiger partial charge in [-0.25, -0.2) is 4.39 Å². The Bertz CT molecular complexity index is 851. The molecule has 0 amide bonds. The van der Waals surface area contributed by atoms with Crippen molar-refractivity contribution < 1.29 is 13.5 Å². The molecule has 0 aromatic heterocycles. The Morgan fingerprint density at radius 3 is 2.46 bits per heavy atom. The molecule has 3 rings (SSSR count). The normalized spacial score (nSPS) is 18.5. The maximum absolute atomic E-state index is 14.2. The maximum Gasteiger partial charge on any atom is 0.276 e. The lowest BCUT2D eigenvalue weighted by atomic mass is 9.79.